The van der Waals surface area contributed by atoms with Gasteiger partial charge in [-0.3, -0.25) is 4.79 Å². The zero-order valence-corrected chi connectivity index (χ0v) is 21.6. The lowest BCUT2D eigenvalue weighted by atomic mass is 10.0. The molecular formula is C28H24BrClN2O4. The Morgan fingerprint density at radius 3 is 2.64 bits per heavy atom. The molecule has 0 bridgehead atoms. The number of ether oxygens (including phenoxy) is 2. The summed E-state index contributed by atoms with van der Waals surface area (Å²) in [6.45, 7) is 0.568. The van der Waals surface area contributed by atoms with Crippen LogP contribution in [-0.2, 0) is 17.9 Å². The summed E-state index contributed by atoms with van der Waals surface area (Å²) < 4.78 is 13.0. The van der Waals surface area contributed by atoms with Gasteiger partial charge in [-0.25, -0.2) is 4.98 Å². The summed E-state index contributed by atoms with van der Waals surface area (Å²) >= 11 is 10.3. The van der Waals surface area contributed by atoms with E-state index in [2.05, 4.69) is 44.4 Å². The minimum absolute atomic E-state index is 0.121. The molecule has 8 heteroatoms. The van der Waals surface area contributed by atoms with Crippen LogP contribution in [0, 0.1) is 0 Å². The highest BCUT2D eigenvalue weighted by Crippen LogP contribution is 2.34. The fraction of sp³-hybridized carbons (Fsp3) is 0.143. The number of carboxylic acids is 1. The Balaban J connectivity index is 1.45. The number of hydrogen-bond acceptors (Lipinski definition) is 5. The summed E-state index contributed by atoms with van der Waals surface area (Å²) in [5, 5.41) is 11.6. The summed E-state index contributed by atoms with van der Waals surface area (Å²) in [5.41, 5.74) is 3.80. The van der Waals surface area contributed by atoms with Gasteiger partial charge in [-0.2, -0.15) is 0 Å². The third-order valence-corrected chi connectivity index (χ3v) is 6.58. The number of rotatable bonds is 11. The minimum Gasteiger partial charge on any atom is -0.480 e. The van der Waals surface area contributed by atoms with Crippen molar-refractivity contribution >= 4 is 33.5 Å². The number of benzene rings is 3. The molecule has 1 heterocycles. The normalized spacial score (nSPS) is 11.6. The first-order valence-corrected chi connectivity index (χ1v) is 12.5. The molecule has 4 aromatic rings. The fourth-order valence-corrected chi connectivity index (χ4v) is 4.48. The molecule has 1 unspecified atom stereocenters. The van der Waals surface area contributed by atoms with Crippen LogP contribution in [0.15, 0.2) is 95.6 Å². The van der Waals surface area contributed by atoms with E-state index < -0.39 is 11.5 Å². The van der Waals surface area contributed by atoms with Crippen molar-refractivity contribution in [3.8, 4) is 22.8 Å². The lowest BCUT2D eigenvalue weighted by molar-refractivity contribution is -0.135. The number of nitrogens with zero attached hydrogens (tertiary/aromatic N) is 1. The Hall–Kier alpha value is -3.39. The number of pyridine rings is 1. The van der Waals surface area contributed by atoms with Crippen molar-refractivity contribution in [3.05, 3.63) is 112 Å². The second kappa shape index (κ2) is 12.5. The van der Waals surface area contributed by atoms with Gasteiger partial charge in [-0.1, -0.05) is 72.3 Å². The predicted octanol–water partition coefficient (Wildman–Crippen LogP) is 6.58. The van der Waals surface area contributed by atoms with Gasteiger partial charge in [0.05, 0.1) is 12.1 Å². The lowest BCUT2D eigenvalue weighted by Crippen LogP contribution is -2.21. The molecule has 0 aliphatic carbocycles. The largest absolute Gasteiger partial charge is 0.480 e. The third kappa shape index (κ3) is 6.85. The fourth-order valence-electron chi connectivity index (χ4n) is 3.60. The summed E-state index contributed by atoms with van der Waals surface area (Å²) in [7, 11) is 0. The zero-order valence-electron chi connectivity index (χ0n) is 19.2. The first kappa shape index (κ1) is 25.7. The van der Waals surface area contributed by atoms with Crippen LogP contribution in [0.25, 0.3) is 11.1 Å². The van der Waals surface area contributed by atoms with Crippen molar-refractivity contribution in [2.24, 2.45) is 0 Å². The molecule has 0 aliphatic heterocycles. The summed E-state index contributed by atoms with van der Waals surface area (Å²) in [5.74, 6) is 0.0256. The lowest BCUT2D eigenvalue weighted by Gasteiger charge is -2.17. The molecule has 0 radical (unpaired) electrons. The van der Waals surface area contributed by atoms with Crippen molar-refractivity contribution in [2.75, 3.05) is 6.54 Å². The van der Waals surface area contributed by atoms with Crippen LogP contribution in [0.1, 0.15) is 22.3 Å². The molecule has 0 aliphatic rings. The van der Waals surface area contributed by atoms with E-state index in [-0.39, 0.29) is 6.54 Å². The van der Waals surface area contributed by atoms with Crippen molar-refractivity contribution < 1.29 is 19.4 Å². The molecule has 36 heavy (non-hydrogen) atoms. The van der Waals surface area contributed by atoms with E-state index in [0.717, 1.165) is 26.7 Å². The average Bonchev–Trinajstić information content (AvgIpc) is 2.89. The van der Waals surface area contributed by atoms with Gasteiger partial charge in [-0.05, 0) is 56.9 Å². The Morgan fingerprint density at radius 1 is 1.03 bits per heavy atom. The zero-order chi connectivity index (χ0) is 25.3. The van der Waals surface area contributed by atoms with Crippen LogP contribution in [0.5, 0.6) is 11.6 Å². The van der Waals surface area contributed by atoms with E-state index >= 15 is 0 Å². The van der Waals surface area contributed by atoms with E-state index in [1.165, 1.54) is 0 Å². The van der Waals surface area contributed by atoms with Crippen LogP contribution in [-0.4, -0.2) is 22.6 Å². The van der Waals surface area contributed by atoms with Gasteiger partial charge < -0.3 is 19.9 Å². The van der Waals surface area contributed by atoms with Gasteiger partial charge >= 0.3 is 5.97 Å². The molecule has 0 fully saturated rings. The standard InChI is InChI=1S/C28H24BrClN2O4/c29-26-21(10-5-12-23(26)20-8-2-1-3-9-20)18-35-28-24(13-6-14-32-28)27(30)36-22-11-4-7-19(15-22)16-31-17-25(33)34/h1-15,27,31H,16-18H2,(H,33,34). The Bertz CT molecular complexity index is 1320. The van der Waals surface area contributed by atoms with Gasteiger partial charge in [0.2, 0.25) is 11.4 Å². The number of nitrogens with one attached hydrogen (secondary N) is 1. The number of carboxylic acid groups (broad SMARTS) is 1. The van der Waals surface area contributed by atoms with Gasteiger partial charge in [0.15, 0.2) is 0 Å². The smallest absolute Gasteiger partial charge is 0.317 e. The van der Waals surface area contributed by atoms with Crippen molar-refractivity contribution in [3.63, 3.8) is 0 Å². The van der Waals surface area contributed by atoms with E-state index in [0.29, 0.717) is 30.3 Å². The van der Waals surface area contributed by atoms with E-state index in [1.54, 1.807) is 18.3 Å². The third-order valence-electron chi connectivity index (χ3n) is 5.32. The molecule has 2 N–H and O–H groups in total. The van der Waals surface area contributed by atoms with Crippen LogP contribution in [0.2, 0.25) is 0 Å². The second-order valence-corrected chi connectivity index (χ2v) is 9.10. The predicted molar refractivity (Wildman–Crippen MR) is 143 cm³/mol. The first-order chi connectivity index (χ1) is 17.5. The van der Waals surface area contributed by atoms with E-state index in [4.69, 9.17) is 26.2 Å². The van der Waals surface area contributed by atoms with Crippen LogP contribution < -0.4 is 14.8 Å². The quantitative estimate of drug-likeness (QED) is 0.199. The highest BCUT2D eigenvalue weighted by molar-refractivity contribution is 9.10. The van der Waals surface area contributed by atoms with Gasteiger partial charge in [-0.15, -0.1) is 0 Å². The van der Waals surface area contributed by atoms with Gasteiger partial charge in [0.1, 0.15) is 12.4 Å². The number of alkyl halides is 1. The van der Waals surface area contributed by atoms with Gasteiger partial charge in [0.25, 0.3) is 0 Å². The number of aromatic nitrogens is 1. The summed E-state index contributed by atoms with van der Waals surface area (Å²) in [6.07, 6.45) is 1.65. The maximum atomic E-state index is 10.7. The first-order valence-electron chi connectivity index (χ1n) is 11.2. The van der Waals surface area contributed by atoms with Crippen LogP contribution in [0.4, 0.5) is 0 Å². The minimum atomic E-state index is -0.911. The topological polar surface area (TPSA) is 80.7 Å². The molecule has 0 spiro atoms. The monoisotopic (exact) mass is 566 g/mol. The number of aliphatic carboxylic acids is 1. The molecule has 3 aromatic carbocycles. The van der Waals surface area contributed by atoms with Crippen molar-refractivity contribution in [2.45, 2.75) is 18.7 Å². The molecular weight excluding hydrogens is 544 g/mol. The highest BCUT2D eigenvalue weighted by Gasteiger charge is 2.18. The highest BCUT2D eigenvalue weighted by atomic mass is 79.9. The average molecular weight is 568 g/mol. The molecule has 1 atom stereocenters. The van der Waals surface area contributed by atoms with Crippen LogP contribution in [0.3, 0.4) is 0 Å². The SMILES string of the molecule is O=C(O)CNCc1cccc(OC(Cl)c2cccnc2OCc2cccc(-c3ccccc3)c2Br)c1. The Kier molecular flexibility index (Phi) is 8.95. The number of carbonyl (C=O) groups is 1. The summed E-state index contributed by atoms with van der Waals surface area (Å²) in [6, 6.07) is 27.1. The Morgan fingerprint density at radius 2 is 1.83 bits per heavy atom. The van der Waals surface area contributed by atoms with Crippen LogP contribution >= 0.6 is 27.5 Å². The van der Waals surface area contributed by atoms with Gasteiger partial charge in [0, 0.05) is 22.8 Å². The second-order valence-electron chi connectivity index (χ2n) is 7.91. The maximum absolute atomic E-state index is 10.7. The van der Waals surface area contributed by atoms with Crippen molar-refractivity contribution in [1.29, 1.82) is 0 Å². The molecule has 0 saturated heterocycles. The van der Waals surface area contributed by atoms with E-state index in [9.17, 15) is 4.79 Å². The maximum Gasteiger partial charge on any atom is 0.317 e. The molecule has 4 rings (SSSR count). The molecule has 6 nitrogen and oxygen atoms in total. The summed E-state index contributed by atoms with van der Waals surface area (Å²) in [4.78, 5) is 15.1. The molecule has 0 saturated carbocycles. The Labute approximate surface area is 223 Å². The number of hydrogen-bond donors (Lipinski definition) is 2. The number of halogens is 2. The molecule has 0 amide bonds. The molecule has 184 valence electrons. The van der Waals surface area contributed by atoms with E-state index in [1.807, 2.05) is 54.6 Å². The molecule has 1 aromatic heterocycles. The van der Waals surface area contributed by atoms with Crippen molar-refractivity contribution in [1.82, 2.24) is 10.3 Å².